The minimum atomic E-state index is -1.27. The molecule has 4 rings (SSSR count). The van der Waals surface area contributed by atoms with E-state index in [4.69, 9.17) is 0 Å². The van der Waals surface area contributed by atoms with E-state index >= 15 is 0 Å². The number of benzene rings is 3. The van der Waals surface area contributed by atoms with Crippen molar-refractivity contribution in [1.29, 1.82) is 0 Å². The molecular formula is C29H32N4O5. The Morgan fingerprint density at radius 1 is 1.03 bits per heavy atom. The molecule has 38 heavy (non-hydrogen) atoms. The number of carboxylic acid groups (broad SMARTS) is 1. The molecule has 2 N–H and O–H groups in total. The lowest BCUT2D eigenvalue weighted by atomic mass is 9.98. The second kappa shape index (κ2) is 10.5. The molecule has 3 atom stereocenters. The van der Waals surface area contributed by atoms with E-state index in [1.54, 1.807) is 36.1 Å². The van der Waals surface area contributed by atoms with Crippen molar-refractivity contribution in [3.8, 4) is 0 Å². The fraction of sp³-hybridized carbons (Fsp3) is 0.310. The summed E-state index contributed by atoms with van der Waals surface area (Å²) in [5.41, 5.74) is 3.08. The third-order valence-corrected chi connectivity index (χ3v) is 7.34. The Hall–Kier alpha value is -4.40. The lowest BCUT2D eigenvalue weighted by Gasteiger charge is -2.32. The maximum atomic E-state index is 14.2. The third kappa shape index (κ3) is 4.79. The molecule has 3 aromatic rings. The third-order valence-electron chi connectivity index (χ3n) is 7.34. The Labute approximate surface area is 221 Å². The SMILES string of the molecule is CC(=O)N1c2ccccc2N(Cc2c(C)ccc3ccccc23)C(=O)[C@@H](NC(=O)[C@H](C)N(C)C(=O)O)[C@@H]1C. The van der Waals surface area contributed by atoms with Gasteiger partial charge < -0.3 is 20.2 Å². The molecule has 0 saturated heterocycles. The quantitative estimate of drug-likeness (QED) is 0.534. The molecule has 9 heteroatoms. The van der Waals surface area contributed by atoms with Gasteiger partial charge in [-0.2, -0.15) is 0 Å². The summed E-state index contributed by atoms with van der Waals surface area (Å²) in [6.45, 7) is 6.78. The van der Waals surface area contributed by atoms with E-state index in [0.717, 1.165) is 26.8 Å². The minimum absolute atomic E-state index is 0.221. The fourth-order valence-electron chi connectivity index (χ4n) is 4.99. The molecule has 0 bridgehead atoms. The van der Waals surface area contributed by atoms with E-state index in [0.29, 0.717) is 11.4 Å². The van der Waals surface area contributed by atoms with E-state index < -0.39 is 30.1 Å². The van der Waals surface area contributed by atoms with Gasteiger partial charge in [-0.3, -0.25) is 19.3 Å². The maximum Gasteiger partial charge on any atom is 0.407 e. The fourth-order valence-corrected chi connectivity index (χ4v) is 4.99. The van der Waals surface area contributed by atoms with E-state index in [1.165, 1.54) is 25.8 Å². The Balaban J connectivity index is 1.83. The van der Waals surface area contributed by atoms with Crippen molar-refractivity contribution in [2.24, 2.45) is 0 Å². The van der Waals surface area contributed by atoms with Crippen molar-refractivity contribution in [2.45, 2.75) is 52.4 Å². The summed E-state index contributed by atoms with van der Waals surface area (Å²) in [6.07, 6.45) is -1.27. The van der Waals surface area contributed by atoms with Crippen LogP contribution in [0.1, 0.15) is 31.9 Å². The predicted molar refractivity (Wildman–Crippen MR) is 146 cm³/mol. The van der Waals surface area contributed by atoms with Gasteiger partial charge in [-0.05, 0) is 54.8 Å². The first-order chi connectivity index (χ1) is 18.0. The van der Waals surface area contributed by atoms with Gasteiger partial charge >= 0.3 is 6.09 Å². The number of para-hydroxylation sites is 2. The zero-order valence-corrected chi connectivity index (χ0v) is 22.1. The summed E-state index contributed by atoms with van der Waals surface area (Å²) < 4.78 is 0. The van der Waals surface area contributed by atoms with Crippen molar-refractivity contribution in [2.75, 3.05) is 16.8 Å². The molecule has 1 aliphatic heterocycles. The summed E-state index contributed by atoms with van der Waals surface area (Å²) in [5, 5.41) is 14.1. The Morgan fingerprint density at radius 2 is 1.66 bits per heavy atom. The van der Waals surface area contributed by atoms with Gasteiger partial charge in [0.05, 0.1) is 24.0 Å². The van der Waals surface area contributed by atoms with E-state index in [1.807, 2.05) is 43.3 Å². The highest BCUT2D eigenvalue weighted by molar-refractivity contribution is 6.08. The number of amides is 4. The van der Waals surface area contributed by atoms with Crippen LogP contribution >= 0.6 is 0 Å². The van der Waals surface area contributed by atoms with Gasteiger partial charge in [-0.15, -0.1) is 0 Å². The molecular weight excluding hydrogens is 484 g/mol. The molecule has 0 aliphatic carbocycles. The Morgan fingerprint density at radius 3 is 2.32 bits per heavy atom. The van der Waals surface area contributed by atoms with Gasteiger partial charge in [0, 0.05) is 14.0 Å². The second-order valence-corrected chi connectivity index (χ2v) is 9.68. The molecule has 1 aliphatic rings. The molecule has 0 radical (unpaired) electrons. The van der Waals surface area contributed by atoms with Gasteiger partial charge in [-0.25, -0.2) is 4.79 Å². The number of likely N-dealkylation sites (N-methyl/N-ethyl adjacent to an activating group) is 1. The molecule has 1 heterocycles. The largest absolute Gasteiger partial charge is 0.465 e. The van der Waals surface area contributed by atoms with Crippen molar-refractivity contribution in [3.05, 3.63) is 71.8 Å². The molecule has 4 amide bonds. The lowest BCUT2D eigenvalue weighted by molar-refractivity contribution is -0.130. The second-order valence-electron chi connectivity index (χ2n) is 9.68. The summed E-state index contributed by atoms with van der Waals surface area (Å²) in [6, 6.07) is 16.3. The molecule has 3 aromatic carbocycles. The Kier molecular flexibility index (Phi) is 7.39. The first-order valence-corrected chi connectivity index (χ1v) is 12.5. The van der Waals surface area contributed by atoms with Crippen LogP contribution in [0.4, 0.5) is 16.2 Å². The normalized spacial score (nSPS) is 18.0. The van der Waals surface area contributed by atoms with E-state index in [2.05, 4.69) is 5.32 Å². The van der Waals surface area contributed by atoms with Gasteiger partial charge in [0.15, 0.2) is 0 Å². The van der Waals surface area contributed by atoms with Crippen molar-refractivity contribution in [3.63, 3.8) is 0 Å². The molecule has 0 aromatic heterocycles. The number of fused-ring (bicyclic) bond motifs is 2. The van der Waals surface area contributed by atoms with Crippen molar-refractivity contribution >= 4 is 46.0 Å². The van der Waals surface area contributed by atoms with Crippen LogP contribution in [-0.2, 0) is 20.9 Å². The van der Waals surface area contributed by atoms with Crippen LogP contribution in [0.5, 0.6) is 0 Å². The number of nitrogens with zero attached hydrogens (tertiary/aromatic N) is 3. The number of carbonyl (C=O) groups excluding carboxylic acids is 3. The smallest absolute Gasteiger partial charge is 0.407 e. The minimum Gasteiger partial charge on any atom is -0.465 e. The van der Waals surface area contributed by atoms with Gasteiger partial charge in [0.25, 0.3) is 5.91 Å². The monoisotopic (exact) mass is 516 g/mol. The molecule has 0 spiro atoms. The number of anilines is 2. The van der Waals surface area contributed by atoms with E-state index in [9.17, 15) is 24.3 Å². The number of carbonyl (C=O) groups is 4. The first kappa shape index (κ1) is 26.7. The number of nitrogens with one attached hydrogen (secondary N) is 1. The van der Waals surface area contributed by atoms with E-state index in [-0.39, 0.29) is 18.4 Å². The number of hydrogen-bond donors (Lipinski definition) is 2. The highest BCUT2D eigenvalue weighted by Crippen LogP contribution is 2.37. The van der Waals surface area contributed by atoms with Crippen LogP contribution in [0, 0.1) is 6.92 Å². The summed E-state index contributed by atoms with van der Waals surface area (Å²) in [5.74, 6) is -1.30. The van der Waals surface area contributed by atoms with Gasteiger partial charge in [-0.1, -0.05) is 48.5 Å². The van der Waals surface area contributed by atoms with Crippen LogP contribution in [0.3, 0.4) is 0 Å². The topological polar surface area (TPSA) is 110 Å². The molecule has 0 fully saturated rings. The average Bonchev–Trinajstić information content (AvgIpc) is 2.97. The highest BCUT2D eigenvalue weighted by Gasteiger charge is 2.42. The summed E-state index contributed by atoms with van der Waals surface area (Å²) >= 11 is 0. The first-order valence-electron chi connectivity index (χ1n) is 12.5. The average molecular weight is 517 g/mol. The summed E-state index contributed by atoms with van der Waals surface area (Å²) in [7, 11) is 1.29. The zero-order valence-electron chi connectivity index (χ0n) is 22.1. The maximum absolute atomic E-state index is 14.2. The van der Waals surface area contributed by atoms with Crippen LogP contribution in [-0.4, -0.2) is 59.0 Å². The van der Waals surface area contributed by atoms with Crippen molar-refractivity contribution in [1.82, 2.24) is 10.2 Å². The molecule has 9 nitrogen and oxygen atoms in total. The standard InChI is InChI=1S/C29H32N4O5/c1-17-14-15-21-10-6-7-11-22(21)23(17)16-32-24-12-8-9-13-25(24)33(20(4)34)18(2)26(28(32)36)30-27(35)19(3)31(5)29(37)38/h6-15,18-19,26H,16H2,1-5H3,(H,30,35)(H,37,38)/t18-,19-,26-/m0/s1. The molecule has 0 unspecified atom stereocenters. The van der Waals surface area contributed by atoms with Crippen LogP contribution < -0.4 is 15.1 Å². The van der Waals surface area contributed by atoms with Crippen molar-refractivity contribution < 1.29 is 24.3 Å². The molecule has 198 valence electrons. The highest BCUT2D eigenvalue weighted by atomic mass is 16.4. The van der Waals surface area contributed by atoms with Gasteiger partial charge in [0.2, 0.25) is 11.8 Å². The van der Waals surface area contributed by atoms with Gasteiger partial charge in [0.1, 0.15) is 12.1 Å². The predicted octanol–water partition coefficient (Wildman–Crippen LogP) is 3.92. The summed E-state index contributed by atoms with van der Waals surface area (Å²) in [4.78, 5) is 55.7. The van der Waals surface area contributed by atoms with Crippen LogP contribution in [0.25, 0.3) is 10.8 Å². The number of rotatable bonds is 5. The zero-order chi connectivity index (χ0) is 27.7. The van der Waals surface area contributed by atoms with Crippen LogP contribution in [0.2, 0.25) is 0 Å². The Bertz CT molecular complexity index is 1420. The van der Waals surface area contributed by atoms with Crippen LogP contribution in [0.15, 0.2) is 60.7 Å². The molecule has 0 saturated carbocycles. The lowest BCUT2D eigenvalue weighted by Crippen LogP contribution is -2.60. The number of hydrogen-bond acceptors (Lipinski definition) is 4. The number of aryl methyl sites for hydroxylation is 1.